The number of carbonyl (C=O) groups excluding carboxylic acids is 1. The molecule has 1 atom stereocenters. The summed E-state index contributed by atoms with van der Waals surface area (Å²) in [7, 11) is 1.59. The summed E-state index contributed by atoms with van der Waals surface area (Å²) >= 11 is 8.36. The van der Waals surface area contributed by atoms with E-state index in [0.29, 0.717) is 38.7 Å². The van der Waals surface area contributed by atoms with E-state index in [-0.39, 0.29) is 12.2 Å². The Labute approximate surface area is 229 Å². The van der Waals surface area contributed by atoms with E-state index in [4.69, 9.17) is 14.2 Å². The van der Waals surface area contributed by atoms with Crippen molar-refractivity contribution in [1.82, 2.24) is 4.57 Å². The third-order valence-corrected chi connectivity index (χ3v) is 7.72. The van der Waals surface area contributed by atoms with E-state index < -0.39 is 12.0 Å². The number of fused-ring (bicyclic) bond motifs is 1. The second kappa shape index (κ2) is 11.1. The molecule has 36 heavy (non-hydrogen) atoms. The first-order chi connectivity index (χ1) is 17.3. The number of aromatic nitrogens is 1. The monoisotopic (exact) mass is 634 g/mol. The largest absolute Gasteiger partial charge is 0.497 e. The number of carbonyl (C=O) groups is 1. The summed E-state index contributed by atoms with van der Waals surface area (Å²) in [6, 6.07) is 10.4. The van der Waals surface area contributed by atoms with Gasteiger partial charge >= 0.3 is 5.97 Å². The molecule has 7 nitrogen and oxygen atoms in total. The number of esters is 1. The lowest BCUT2D eigenvalue weighted by Gasteiger charge is -2.24. The lowest BCUT2D eigenvalue weighted by atomic mass is 9.96. The molecule has 0 unspecified atom stereocenters. The van der Waals surface area contributed by atoms with Gasteiger partial charge in [-0.05, 0) is 94.1 Å². The standard InChI is InChI=1S/C26H24Br2N2O5S/c1-5-34-23-18(27)11-15(12-19(23)28)13-20-24(31)30-22(16-7-9-17(33-4)10-8-16)21(25(32)35-6-2)14(3)29-26(30)36-20/h7-13,22H,5-6H2,1-4H3/b20-13-/t22-/m0/s1. The van der Waals surface area contributed by atoms with Crippen molar-refractivity contribution < 1.29 is 19.0 Å². The Kier molecular flexibility index (Phi) is 8.17. The molecule has 1 aliphatic rings. The summed E-state index contributed by atoms with van der Waals surface area (Å²) in [6.45, 7) is 6.18. The van der Waals surface area contributed by atoms with Crippen LogP contribution >= 0.6 is 43.2 Å². The number of rotatable bonds is 7. The molecule has 0 radical (unpaired) electrons. The number of thiazole rings is 1. The first-order valence-corrected chi connectivity index (χ1v) is 13.6. The van der Waals surface area contributed by atoms with Gasteiger partial charge < -0.3 is 14.2 Å². The second-order valence-electron chi connectivity index (χ2n) is 7.82. The van der Waals surface area contributed by atoms with Crippen LogP contribution in [0.5, 0.6) is 11.5 Å². The fourth-order valence-electron chi connectivity index (χ4n) is 3.99. The highest BCUT2D eigenvalue weighted by atomic mass is 79.9. The van der Waals surface area contributed by atoms with Gasteiger partial charge in [-0.25, -0.2) is 9.79 Å². The summed E-state index contributed by atoms with van der Waals surface area (Å²) in [5.74, 6) is 0.884. The summed E-state index contributed by atoms with van der Waals surface area (Å²) in [6.07, 6.45) is 1.81. The van der Waals surface area contributed by atoms with Gasteiger partial charge in [0, 0.05) is 0 Å². The highest BCUT2D eigenvalue weighted by molar-refractivity contribution is 9.11. The Balaban J connectivity index is 1.91. The number of hydrogen-bond donors (Lipinski definition) is 0. The van der Waals surface area contributed by atoms with E-state index in [0.717, 1.165) is 20.1 Å². The van der Waals surface area contributed by atoms with Crippen molar-refractivity contribution in [3.8, 4) is 11.5 Å². The normalized spacial score (nSPS) is 15.4. The third-order valence-electron chi connectivity index (χ3n) is 5.56. The maximum Gasteiger partial charge on any atom is 0.338 e. The van der Waals surface area contributed by atoms with Gasteiger partial charge in [0.15, 0.2) is 4.80 Å². The van der Waals surface area contributed by atoms with Crippen LogP contribution in [0.3, 0.4) is 0 Å². The van der Waals surface area contributed by atoms with Crippen LogP contribution in [0.15, 0.2) is 66.4 Å². The van der Waals surface area contributed by atoms with E-state index in [2.05, 4.69) is 36.9 Å². The molecule has 0 spiro atoms. The number of halogens is 2. The van der Waals surface area contributed by atoms with Gasteiger partial charge in [-0.1, -0.05) is 23.5 Å². The predicted octanol–water partition coefficient (Wildman–Crippen LogP) is 4.73. The fourth-order valence-corrected chi connectivity index (χ4v) is 6.49. The van der Waals surface area contributed by atoms with E-state index in [1.54, 1.807) is 37.7 Å². The van der Waals surface area contributed by atoms with Gasteiger partial charge in [-0.2, -0.15) is 0 Å². The van der Waals surface area contributed by atoms with Crippen molar-refractivity contribution >= 4 is 55.2 Å². The van der Waals surface area contributed by atoms with Gasteiger partial charge in [-0.3, -0.25) is 9.36 Å². The van der Waals surface area contributed by atoms with Crippen LogP contribution in [0.25, 0.3) is 6.08 Å². The minimum absolute atomic E-state index is 0.219. The molecule has 1 aromatic heterocycles. The highest BCUT2D eigenvalue weighted by Crippen LogP contribution is 2.35. The quantitative estimate of drug-likeness (QED) is 0.351. The van der Waals surface area contributed by atoms with Crippen molar-refractivity contribution in [2.75, 3.05) is 20.3 Å². The van der Waals surface area contributed by atoms with Crippen molar-refractivity contribution in [1.29, 1.82) is 0 Å². The summed E-state index contributed by atoms with van der Waals surface area (Å²) in [5, 5.41) is 0. The van der Waals surface area contributed by atoms with Gasteiger partial charge in [0.25, 0.3) is 5.56 Å². The molecule has 0 amide bonds. The Morgan fingerprint density at radius 2 is 1.81 bits per heavy atom. The number of allylic oxidation sites excluding steroid dienone is 1. The van der Waals surface area contributed by atoms with Crippen molar-refractivity contribution in [3.63, 3.8) is 0 Å². The number of methoxy groups -OCH3 is 1. The Morgan fingerprint density at radius 3 is 2.39 bits per heavy atom. The zero-order valence-corrected chi connectivity index (χ0v) is 24.1. The van der Waals surface area contributed by atoms with Crippen LogP contribution in [0, 0.1) is 0 Å². The minimum Gasteiger partial charge on any atom is -0.497 e. The summed E-state index contributed by atoms with van der Waals surface area (Å²) < 4.78 is 19.9. The van der Waals surface area contributed by atoms with Gasteiger partial charge in [0.05, 0.1) is 51.1 Å². The molecule has 4 rings (SSSR count). The number of ether oxygens (including phenoxy) is 3. The molecule has 0 fully saturated rings. The van der Waals surface area contributed by atoms with Crippen molar-refractivity contribution in [2.24, 2.45) is 4.99 Å². The topological polar surface area (TPSA) is 79.1 Å². The molecule has 3 aromatic rings. The zero-order chi connectivity index (χ0) is 26.0. The molecular formula is C26H24Br2N2O5S. The molecule has 0 N–H and O–H groups in total. The Hall–Kier alpha value is -2.69. The number of hydrogen-bond acceptors (Lipinski definition) is 7. The van der Waals surface area contributed by atoms with Crippen LogP contribution in [-0.2, 0) is 9.53 Å². The molecule has 0 bridgehead atoms. The first-order valence-electron chi connectivity index (χ1n) is 11.2. The average molecular weight is 636 g/mol. The zero-order valence-electron chi connectivity index (χ0n) is 20.1. The van der Waals surface area contributed by atoms with Crippen LogP contribution < -0.4 is 24.4 Å². The first kappa shape index (κ1) is 26.4. The maximum absolute atomic E-state index is 13.7. The molecule has 1 aliphatic heterocycles. The molecule has 188 valence electrons. The predicted molar refractivity (Wildman–Crippen MR) is 146 cm³/mol. The molecule has 0 saturated heterocycles. The number of nitrogens with zero attached hydrogens (tertiary/aromatic N) is 2. The van der Waals surface area contributed by atoms with E-state index in [1.807, 2.05) is 37.3 Å². The maximum atomic E-state index is 13.7. The van der Waals surface area contributed by atoms with Crippen LogP contribution in [0.4, 0.5) is 0 Å². The SMILES string of the molecule is CCOC(=O)C1=C(C)N=c2s/c(=C\c3cc(Br)c(OCC)c(Br)c3)c(=O)n2[C@H]1c1ccc(OC)cc1. The van der Waals surface area contributed by atoms with Crippen molar-refractivity contribution in [2.45, 2.75) is 26.8 Å². The van der Waals surface area contributed by atoms with Gasteiger partial charge in [0.2, 0.25) is 0 Å². The van der Waals surface area contributed by atoms with Crippen LogP contribution in [0.1, 0.15) is 37.9 Å². The lowest BCUT2D eigenvalue weighted by Crippen LogP contribution is -2.39. The molecule has 2 heterocycles. The lowest BCUT2D eigenvalue weighted by molar-refractivity contribution is -0.139. The van der Waals surface area contributed by atoms with Crippen LogP contribution in [-0.4, -0.2) is 30.9 Å². The molecule has 2 aromatic carbocycles. The summed E-state index contributed by atoms with van der Waals surface area (Å²) in [5.41, 5.74) is 2.19. The molecule has 10 heteroatoms. The van der Waals surface area contributed by atoms with E-state index >= 15 is 0 Å². The van der Waals surface area contributed by atoms with E-state index in [9.17, 15) is 9.59 Å². The van der Waals surface area contributed by atoms with E-state index in [1.165, 1.54) is 11.3 Å². The highest BCUT2D eigenvalue weighted by Gasteiger charge is 2.33. The van der Waals surface area contributed by atoms with Crippen LogP contribution in [0.2, 0.25) is 0 Å². The molecule has 0 aliphatic carbocycles. The Bertz CT molecular complexity index is 1500. The van der Waals surface area contributed by atoms with Crippen molar-refractivity contribution in [3.05, 3.63) is 87.4 Å². The fraction of sp³-hybridized carbons (Fsp3) is 0.269. The average Bonchev–Trinajstić information content (AvgIpc) is 3.15. The smallest absolute Gasteiger partial charge is 0.338 e. The summed E-state index contributed by atoms with van der Waals surface area (Å²) in [4.78, 5) is 31.8. The van der Waals surface area contributed by atoms with Gasteiger partial charge in [0.1, 0.15) is 11.5 Å². The second-order valence-corrected chi connectivity index (χ2v) is 10.5. The third kappa shape index (κ3) is 5.07. The number of benzene rings is 2. The molecular weight excluding hydrogens is 612 g/mol. The van der Waals surface area contributed by atoms with Gasteiger partial charge in [-0.15, -0.1) is 0 Å². The Morgan fingerprint density at radius 1 is 1.14 bits per heavy atom. The molecule has 0 saturated carbocycles. The minimum atomic E-state index is -0.674.